The van der Waals surface area contributed by atoms with Gasteiger partial charge in [0.15, 0.2) is 0 Å². The van der Waals surface area contributed by atoms with Crippen LogP contribution in [0.1, 0.15) is 45.1 Å². The van der Waals surface area contributed by atoms with Crippen LogP contribution in [-0.2, 0) is 0 Å². The smallest absolute Gasteiger partial charge is 0.0455 e. The van der Waals surface area contributed by atoms with Crippen molar-refractivity contribution in [3.63, 3.8) is 0 Å². The van der Waals surface area contributed by atoms with Crippen molar-refractivity contribution in [1.82, 2.24) is 0 Å². The molecule has 0 fully saturated rings. The van der Waals surface area contributed by atoms with E-state index in [0.29, 0.717) is 6.04 Å². The molecule has 1 aromatic rings. The average molecular weight is 240 g/mol. The Hall–Kier alpha value is -0.690. The summed E-state index contributed by atoms with van der Waals surface area (Å²) < 4.78 is 0. The van der Waals surface area contributed by atoms with Crippen molar-refractivity contribution in [2.45, 2.75) is 52.5 Å². The molecular formula is C14H22ClN. The van der Waals surface area contributed by atoms with Crippen LogP contribution in [0.3, 0.4) is 0 Å². The summed E-state index contributed by atoms with van der Waals surface area (Å²) in [5.74, 6) is 0. The third-order valence-electron chi connectivity index (χ3n) is 2.83. The second-order valence-electron chi connectivity index (χ2n) is 4.51. The third-order valence-corrected chi connectivity index (χ3v) is 3.23. The van der Waals surface area contributed by atoms with Gasteiger partial charge < -0.3 is 5.32 Å². The Morgan fingerprint density at radius 3 is 2.69 bits per heavy atom. The van der Waals surface area contributed by atoms with Gasteiger partial charge in [-0.2, -0.15) is 0 Å². The quantitative estimate of drug-likeness (QED) is 0.687. The number of hydrogen-bond acceptors (Lipinski definition) is 1. The summed E-state index contributed by atoms with van der Waals surface area (Å²) in [7, 11) is 0. The summed E-state index contributed by atoms with van der Waals surface area (Å²) in [4.78, 5) is 0. The van der Waals surface area contributed by atoms with Crippen molar-refractivity contribution in [1.29, 1.82) is 0 Å². The Morgan fingerprint density at radius 1 is 1.31 bits per heavy atom. The van der Waals surface area contributed by atoms with E-state index < -0.39 is 0 Å². The molecule has 0 aromatic heterocycles. The van der Waals surface area contributed by atoms with Crippen LogP contribution in [0, 0.1) is 6.92 Å². The molecule has 16 heavy (non-hydrogen) atoms. The first-order valence-corrected chi connectivity index (χ1v) is 6.54. The van der Waals surface area contributed by atoms with Gasteiger partial charge >= 0.3 is 0 Å². The van der Waals surface area contributed by atoms with Crippen molar-refractivity contribution >= 4 is 17.3 Å². The molecule has 2 heteroatoms. The largest absolute Gasteiger partial charge is 0.383 e. The maximum absolute atomic E-state index is 6.08. The fourth-order valence-corrected chi connectivity index (χ4v) is 1.92. The SMILES string of the molecule is CCCCCC(C)Nc1ccc(C)c(Cl)c1. The molecule has 0 aliphatic heterocycles. The molecule has 1 atom stereocenters. The standard InChI is InChI=1S/C14H22ClN/c1-4-5-6-7-12(3)16-13-9-8-11(2)14(15)10-13/h8-10,12,16H,4-7H2,1-3H3. The normalized spacial score (nSPS) is 12.5. The second kappa shape index (κ2) is 6.80. The van der Waals surface area contributed by atoms with Crippen molar-refractivity contribution in [2.75, 3.05) is 5.32 Å². The highest BCUT2D eigenvalue weighted by Crippen LogP contribution is 2.21. The highest BCUT2D eigenvalue weighted by molar-refractivity contribution is 6.31. The molecule has 1 nitrogen and oxygen atoms in total. The Kier molecular flexibility index (Phi) is 5.68. The van der Waals surface area contributed by atoms with Gasteiger partial charge in [0.1, 0.15) is 0 Å². The van der Waals surface area contributed by atoms with Crippen LogP contribution in [0.4, 0.5) is 5.69 Å². The van der Waals surface area contributed by atoms with E-state index in [1.807, 2.05) is 13.0 Å². The molecule has 0 aliphatic carbocycles. The van der Waals surface area contributed by atoms with Crippen LogP contribution in [0.25, 0.3) is 0 Å². The zero-order valence-corrected chi connectivity index (χ0v) is 11.3. The number of rotatable bonds is 6. The van der Waals surface area contributed by atoms with Crippen LogP contribution in [-0.4, -0.2) is 6.04 Å². The summed E-state index contributed by atoms with van der Waals surface area (Å²) >= 11 is 6.08. The minimum absolute atomic E-state index is 0.519. The lowest BCUT2D eigenvalue weighted by molar-refractivity contribution is 0.615. The molecule has 90 valence electrons. The van der Waals surface area contributed by atoms with E-state index in [-0.39, 0.29) is 0 Å². The maximum atomic E-state index is 6.08. The van der Waals surface area contributed by atoms with Gasteiger partial charge in [0.2, 0.25) is 0 Å². The fraction of sp³-hybridized carbons (Fsp3) is 0.571. The summed E-state index contributed by atoms with van der Waals surface area (Å²) in [5, 5.41) is 4.32. The zero-order valence-electron chi connectivity index (χ0n) is 10.5. The average Bonchev–Trinajstić information content (AvgIpc) is 2.24. The molecule has 0 heterocycles. The van der Waals surface area contributed by atoms with Crippen molar-refractivity contribution in [2.24, 2.45) is 0 Å². The van der Waals surface area contributed by atoms with Crippen LogP contribution < -0.4 is 5.32 Å². The number of benzene rings is 1. The van der Waals surface area contributed by atoms with Gasteiger partial charge in [0, 0.05) is 16.8 Å². The third kappa shape index (κ3) is 4.44. The number of aryl methyl sites for hydroxylation is 1. The van der Waals surface area contributed by atoms with E-state index >= 15 is 0 Å². The summed E-state index contributed by atoms with van der Waals surface area (Å²) in [6, 6.07) is 6.68. The molecule has 0 aliphatic rings. The Balaban J connectivity index is 2.43. The van der Waals surface area contributed by atoms with Gasteiger partial charge in [0.05, 0.1) is 0 Å². The minimum atomic E-state index is 0.519. The van der Waals surface area contributed by atoms with Crippen molar-refractivity contribution in [3.05, 3.63) is 28.8 Å². The Morgan fingerprint density at radius 2 is 2.06 bits per heavy atom. The first kappa shape index (κ1) is 13.4. The van der Waals surface area contributed by atoms with Crippen LogP contribution in [0.5, 0.6) is 0 Å². The van der Waals surface area contributed by atoms with Crippen molar-refractivity contribution < 1.29 is 0 Å². The monoisotopic (exact) mass is 239 g/mol. The lowest BCUT2D eigenvalue weighted by Crippen LogP contribution is -2.14. The Bertz CT molecular complexity index is 323. The molecule has 1 unspecified atom stereocenters. The molecule has 0 spiro atoms. The minimum Gasteiger partial charge on any atom is -0.383 e. The number of hydrogen-bond donors (Lipinski definition) is 1. The van der Waals surface area contributed by atoms with Crippen LogP contribution in [0.15, 0.2) is 18.2 Å². The van der Waals surface area contributed by atoms with E-state index in [2.05, 4.69) is 31.3 Å². The van der Waals surface area contributed by atoms with E-state index in [0.717, 1.165) is 16.3 Å². The zero-order chi connectivity index (χ0) is 12.0. The highest BCUT2D eigenvalue weighted by atomic mass is 35.5. The summed E-state index contributed by atoms with van der Waals surface area (Å²) in [6.07, 6.45) is 5.12. The van der Waals surface area contributed by atoms with Crippen molar-refractivity contribution in [3.8, 4) is 0 Å². The molecule has 0 amide bonds. The van der Waals surface area contributed by atoms with Crippen LogP contribution >= 0.6 is 11.6 Å². The molecule has 1 aromatic carbocycles. The number of anilines is 1. The van der Waals surface area contributed by atoms with E-state index in [1.165, 1.54) is 25.7 Å². The second-order valence-corrected chi connectivity index (χ2v) is 4.91. The lowest BCUT2D eigenvalue weighted by atomic mass is 10.1. The fourth-order valence-electron chi connectivity index (χ4n) is 1.74. The van der Waals surface area contributed by atoms with Gasteiger partial charge in [-0.1, -0.05) is 43.9 Å². The molecule has 0 saturated heterocycles. The first-order valence-electron chi connectivity index (χ1n) is 6.16. The molecule has 0 saturated carbocycles. The van der Waals surface area contributed by atoms with E-state index in [4.69, 9.17) is 11.6 Å². The molecule has 0 radical (unpaired) electrons. The molecule has 1 N–H and O–H groups in total. The van der Waals surface area contributed by atoms with E-state index in [9.17, 15) is 0 Å². The van der Waals surface area contributed by atoms with Gasteiger partial charge in [0.25, 0.3) is 0 Å². The topological polar surface area (TPSA) is 12.0 Å². The highest BCUT2D eigenvalue weighted by Gasteiger charge is 2.03. The number of unbranched alkanes of at least 4 members (excludes halogenated alkanes) is 2. The molecule has 1 rings (SSSR count). The number of nitrogens with one attached hydrogen (secondary N) is 1. The van der Waals surface area contributed by atoms with Gasteiger partial charge in [-0.15, -0.1) is 0 Å². The first-order chi connectivity index (χ1) is 7.63. The van der Waals surface area contributed by atoms with Crippen LogP contribution in [0.2, 0.25) is 5.02 Å². The maximum Gasteiger partial charge on any atom is 0.0455 e. The predicted octanol–water partition coefficient (Wildman–Crippen LogP) is 5.03. The predicted molar refractivity (Wildman–Crippen MR) is 73.4 cm³/mol. The van der Waals surface area contributed by atoms with Gasteiger partial charge in [-0.05, 0) is 38.0 Å². The number of halogens is 1. The summed E-state index contributed by atoms with van der Waals surface area (Å²) in [5.41, 5.74) is 2.26. The molecule has 0 bridgehead atoms. The lowest BCUT2D eigenvalue weighted by Gasteiger charge is -2.15. The summed E-state index contributed by atoms with van der Waals surface area (Å²) in [6.45, 7) is 6.48. The van der Waals surface area contributed by atoms with E-state index in [1.54, 1.807) is 0 Å². The van der Waals surface area contributed by atoms with Gasteiger partial charge in [-0.3, -0.25) is 0 Å². The van der Waals surface area contributed by atoms with Gasteiger partial charge in [-0.25, -0.2) is 0 Å². The molecular weight excluding hydrogens is 218 g/mol. The Labute approximate surface area is 104 Å².